The van der Waals surface area contributed by atoms with E-state index in [9.17, 15) is 14.4 Å². The number of pyridine rings is 1. The van der Waals surface area contributed by atoms with Crippen LogP contribution in [-0.2, 0) is 4.79 Å². The van der Waals surface area contributed by atoms with E-state index in [0.717, 1.165) is 17.5 Å². The van der Waals surface area contributed by atoms with Crippen LogP contribution < -0.4 is 5.32 Å². The molecule has 0 unspecified atom stereocenters. The van der Waals surface area contributed by atoms with E-state index in [1.165, 1.54) is 12.4 Å². The summed E-state index contributed by atoms with van der Waals surface area (Å²) < 4.78 is 0. The van der Waals surface area contributed by atoms with Crippen LogP contribution in [0.1, 0.15) is 31.8 Å². The van der Waals surface area contributed by atoms with Gasteiger partial charge in [0.25, 0.3) is 11.8 Å². The van der Waals surface area contributed by atoms with E-state index in [1.54, 1.807) is 15.9 Å². The zero-order valence-electron chi connectivity index (χ0n) is 15.4. The number of rotatable bonds is 4. The van der Waals surface area contributed by atoms with E-state index in [-0.39, 0.29) is 11.8 Å². The summed E-state index contributed by atoms with van der Waals surface area (Å²) in [6, 6.07) is 7.36. The quantitative estimate of drug-likeness (QED) is 0.838. The molecule has 140 valence electrons. The van der Waals surface area contributed by atoms with Gasteiger partial charge in [0, 0.05) is 44.3 Å². The Bertz CT molecular complexity index is 853. The number of benzene rings is 1. The lowest BCUT2D eigenvalue weighted by Gasteiger charge is -2.32. The molecule has 2 heterocycles. The Hall–Kier alpha value is -3.22. The van der Waals surface area contributed by atoms with Crippen LogP contribution in [-0.4, -0.2) is 59.2 Å². The van der Waals surface area contributed by atoms with Crippen LogP contribution in [0.5, 0.6) is 0 Å². The maximum absolute atomic E-state index is 12.7. The number of anilines is 1. The van der Waals surface area contributed by atoms with E-state index in [1.807, 2.05) is 32.0 Å². The third kappa shape index (κ3) is 4.49. The van der Waals surface area contributed by atoms with Crippen molar-refractivity contribution < 1.29 is 14.4 Å². The molecule has 7 heteroatoms. The minimum absolute atomic E-state index is 0.186. The average Bonchev–Trinajstić information content (AvgIpc) is 2.67. The summed E-state index contributed by atoms with van der Waals surface area (Å²) in [5, 5.41) is 2.85. The molecule has 0 aliphatic carbocycles. The zero-order chi connectivity index (χ0) is 19.4. The number of nitrogens with one attached hydrogen (secondary N) is 1. The van der Waals surface area contributed by atoms with E-state index in [2.05, 4.69) is 10.3 Å². The number of carbonyl (C=O) groups excluding carboxylic acids is 3. The van der Waals surface area contributed by atoms with Gasteiger partial charge in [-0.15, -0.1) is 0 Å². The molecule has 0 radical (unpaired) electrons. The van der Waals surface area contributed by atoms with Gasteiger partial charge in [0.05, 0.1) is 11.1 Å². The number of hydrogen-bond donors (Lipinski definition) is 1. The largest absolute Gasteiger partial charge is 0.342 e. The molecule has 1 aromatic carbocycles. The fraction of sp³-hybridized carbons (Fsp3) is 0.300. The van der Waals surface area contributed by atoms with Crippen LogP contribution in [0, 0.1) is 13.8 Å². The molecule has 2 aromatic rings. The van der Waals surface area contributed by atoms with Crippen molar-refractivity contribution >= 4 is 23.9 Å². The molecule has 3 rings (SSSR count). The number of nitrogens with zero attached hydrogens (tertiary/aromatic N) is 3. The summed E-state index contributed by atoms with van der Waals surface area (Å²) in [7, 11) is 0. The van der Waals surface area contributed by atoms with Crippen LogP contribution in [0.2, 0.25) is 0 Å². The maximum Gasteiger partial charge on any atom is 0.257 e. The highest BCUT2D eigenvalue weighted by atomic mass is 16.2. The van der Waals surface area contributed by atoms with Crippen molar-refractivity contribution in [3.63, 3.8) is 0 Å². The minimum atomic E-state index is -0.312. The Morgan fingerprint density at radius 3 is 2.22 bits per heavy atom. The SMILES string of the molecule is Cc1cc(C)cc(NC(=O)c2cncc(C(=O)N3CCN(C=O)CC3)c2)c1. The molecule has 1 saturated heterocycles. The highest BCUT2D eigenvalue weighted by Gasteiger charge is 2.22. The highest BCUT2D eigenvalue weighted by Crippen LogP contribution is 2.16. The fourth-order valence-corrected chi connectivity index (χ4v) is 3.14. The Labute approximate surface area is 158 Å². The van der Waals surface area contributed by atoms with E-state index < -0.39 is 0 Å². The number of hydrogen-bond acceptors (Lipinski definition) is 4. The lowest BCUT2D eigenvalue weighted by atomic mass is 10.1. The van der Waals surface area contributed by atoms with Crippen molar-refractivity contribution in [2.45, 2.75) is 13.8 Å². The minimum Gasteiger partial charge on any atom is -0.342 e. The Balaban J connectivity index is 1.72. The molecule has 27 heavy (non-hydrogen) atoms. The summed E-state index contributed by atoms with van der Waals surface area (Å²) in [6.07, 6.45) is 3.70. The fourth-order valence-electron chi connectivity index (χ4n) is 3.14. The van der Waals surface area contributed by atoms with Gasteiger partial charge in [-0.2, -0.15) is 0 Å². The summed E-state index contributed by atoms with van der Waals surface area (Å²) in [5.41, 5.74) is 3.51. The Morgan fingerprint density at radius 1 is 0.963 bits per heavy atom. The summed E-state index contributed by atoms with van der Waals surface area (Å²) in [6.45, 7) is 5.89. The van der Waals surface area contributed by atoms with Crippen LogP contribution in [0.3, 0.4) is 0 Å². The topological polar surface area (TPSA) is 82.6 Å². The molecular weight excluding hydrogens is 344 g/mol. The van der Waals surface area contributed by atoms with Crippen molar-refractivity contribution in [3.05, 3.63) is 58.9 Å². The highest BCUT2D eigenvalue weighted by molar-refractivity contribution is 6.05. The Morgan fingerprint density at radius 2 is 1.59 bits per heavy atom. The first-order valence-corrected chi connectivity index (χ1v) is 8.79. The van der Waals surface area contributed by atoms with Crippen LogP contribution in [0.4, 0.5) is 5.69 Å². The van der Waals surface area contributed by atoms with Gasteiger partial charge in [-0.25, -0.2) is 0 Å². The molecule has 0 spiro atoms. The molecule has 1 aliphatic rings. The molecular formula is C20H22N4O3. The van der Waals surface area contributed by atoms with Crippen molar-refractivity contribution in [1.82, 2.24) is 14.8 Å². The standard InChI is InChI=1S/C20H22N4O3/c1-14-7-15(2)9-18(8-14)22-19(26)16-10-17(12-21-11-16)20(27)24-5-3-23(13-25)4-6-24/h7-13H,3-6H2,1-2H3,(H,22,26). The van der Waals surface area contributed by atoms with Gasteiger partial charge < -0.3 is 15.1 Å². The average molecular weight is 366 g/mol. The summed E-state index contributed by atoms with van der Waals surface area (Å²) >= 11 is 0. The molecule has 1 N–H and O–H groups in total. The molecule has 0 bridgehead atoms. The molecule has 1 aromatic heterocycles. The van der Waals surface area contributed by atoms with Gasteiger partial charge in [0.15, 0.2) is 0 Å². The number of carbonyl (C=O) groups is 3. The molecule has 7 nitrogen and oxygen atoms in total. The Kier molecular flexibility index (Phi) is 5.49. The van der Waals surface area contributed by atoms with Crippen LogP contribution >= 0.6 is 0 Å². The number of aromatic nitrogens is 1. The van der Waals surface area contributed by atoms with Crippen LogP contribution in [0.15, 0.2) is 36.7 Å². The smallest absolute Gasteiger partial charge is 0.257 e. The van der Waals surface area contributed by atoms with Gasteiger partial charge in [0.1, 0.15) is 0 Å². The van der Waals surface area contributed by atoms with Gasteiger partial charge in [-0.3, -0.25) is 19.4 Å². The normalized spacial score (nSPS) is 14.0. The predicted molar refractivity (Wildman–Crippen MR) is 102 cm³/mol. The van der Waals surface area contributed by atoms with E-state index in [0.29, 0.717) is 43.0 Å². The summed E-state index contributed by atoms with van der Waals surface area (Å²) in [5.74, 6) is -0.498. The second-order valence-electron chi connectivity index (χ2n) is 6.73. The second kappa shape index (κ2) is 7.99. The first-order valence-electron chi connectivity index (χ1n) is 8.79. The molecule has 1 aliphatic heterocycles. The van der Waals surface area contributed by atoms with Crippen molar-refractivity contribution in [2.24, 2.45) is 0 Å². The molecule has 1 fully saturated rings. The van der Waals surface area contributed by atoms with Gasteiger partial charge in [0.2, 0.25) is 6.41 Å². The second-order valence-corrected chi connectivity index (χ2v) is 6.73. The monoisotopic (exact) mass is 366 g/mol. The van der Waals surface area contributed by atoms with Crippen molar-refractivity contribution in [2.75, 3.05) is 31.5 Å². The molecule has 3 amide bonds. The molecule has 0 saturated carbocycles. The van der Waals surface area contributed by atoms with Crippen molar-refractivity contribution in [3.8, 4) is 0 Å². The number of aryl methyl sites for hydroxylation is 2. The zero-order valence-corrected chi connectivity index (χ0v) is 15.4. The van der Waals surface area contributed by atoms with Crippen molar-refractivity contribution in [1.29, 1.82) is 0 Å². The lowest BCUT2D eigenvalue weighted by Crippen LogP contribution is -2.48. The van der Waals surface area contributed by atoms with Gasteiger partial charge in [-0.1, -0.05) is 6.07 Å². The van der Waals surface area contributed by atoms with Gasteiger partial charge in [-0.05, 0) is 43.2 Å². The van der Waals surface area contributed by atoms with E-state index in [4.69, 9.17) is 0 Å². The number of piperazine rings is 1. The maximum atomic E-state index is 12.7. The third-order valence-electron chi connectivity index (χ3n) is 4.48. The van der Waals surface area contributed by atoms with Gasteiger partial charge >= 0.3 is 0 Å². The first-order chi connectivity index (χ1) is 13.0. The third-order valence-corrected chi connectivity index (χ3v) is 4.48. The lowest BCUT2D eigenvalue weighted by molar-refractivity contribution is -0.119. The first kappa shape index (κ1) is 18.6. The predicted octanol–water partition coefficient (Wildman–Crippen LogP) is 1.86. The van der Waals surface area contributed by atoms with E-state index >= 15 is 0 Å². The number of amides is 3. The van der Waals surface area contributed by atoms with Crippen LogP contribution in [0.25, 0.3) is 0 Å². The summed E-state index contributed by atoms with van der Waals surface area (Å²) in [4.78, 5) is 43.4. The molecule has 0 atom stereocenters.